The van der Waals surface area contributed by atoms with E-state index in [9.17, 15) is 9.59 Å². The van der Waals surface area contributed by atoms with Gasteiger partial charge in [0.15, 0.2) is 0 Å². The number of aryl methyl sites for hydroxylation is 1. The van der Waals surface area contributed by atoms with Crippen LogP contribution in [-0.4, -0.2) is 15.9 Å². The van der Waals surface area contributed by atoms with E-state index in [1.165, 1.54) is 0 Å². The van der Waals surface area contributed by atoms with Gasteiger partial charge >= 0.3 is 5.97 Å². The minimum Gasteiger partial charge on any atom is -0.457 e. The molecule has 2 heterocycles. The molecular weight excluding hydrogens is 302 g/mol. The minimum atomic E-state index is -0.470. The zero-order valence-corrected chi connectivity index (χ0v) is 12.6. The van der Waals surface area contributed by atoms with Gasteiger partial charge in [0.1, 0.15) is 16.3 Å². The number of fused-ring (bicyclic) bond motifs is 1. The van der Waals surface area contributed by atoms with Crippen molar-refractivity contribution in [2.45, 2.75) is 13.5 Å². The van der Waals surface area contributed by atoms with Crippen LogP contribution in [0, 0.1) is 6.92 Å². The first kappa shape index (κ1) is 14.3. The summed E-state index contributed by atoms with van der Waals surface area (Å²) in [5.41, 5.74) is 6.63. The number of carbonyl (C=O) groups excluding carboxylic acids is 1. The summed E-state index contributed by atoms with van der Waals surface area (Å²) in [4.78, 5) is 31.4. The summed E-state index contributed by atoms with van der Waals surface area (Å²) >= 11 is 1.11. The zero-order chi connectivity index (χ0) is 15.7. The number of hydrogen-bond acceptors (Lipinski definition) is 6. The number of benzene rings is 1. The Kier molecular flexibility index (Phi) is 3.64. The highest BCUT2D eigenvalue weighted by Gasteiger charge is 2.20. The van der Waals surface area contributed by atoms with Gasteiger partial charge in [-0.05, 0) is 18.1 Å². The Morgan fingerprint density at radius 1 is 1.36 bits per heavy atom. The number of carbonyl (C=O) groups is 1. The van der Waals surface area contributed by atoms with Crippen LogP contribution in [0.5, 0.6) is 0 Å². The molecule has 0 bridgehead atoms. The van der Waals surface area contributed by atoms with Crippen molar-refractivity contribution in [3.63, 3.8) is 0 Å². The average molecular weight is 315 g/mol. The number of H-pyrrole nitrogens is 1. The third-order valence-electron chi connectivity index (χ3n) is 3.22. The quantitative estimate of drug-likeness (QED) is 0.722. The van der Waals surface area contributed by atoms with Gasteiger partial charge in [-0.15, -0.1) is 11.3 Å². The smallest absolute Gasteiger partial charge is 0.349 e. The Morgan fingerprint density at radius 3 is 2.82 bits per heavy atom. The molecular formula is C15H13N3O3S. The highest BCUT2D eigenvalue weighted by molar-refractivity contribution is 7.20. The molecule has 0 saturated heterocycles. The SMILES string of the molecule is Cc1c(C(=O)OCc2ccccc2)sc2nc(N)[nH]c(=O)c12. The molecule has 3 aromatic rings. The maximum Gasteiger partial charge on any atom is 0.349 e. The maximum absolute atomic E-state index is 12.2. The van der Waals surface area contributed by atoms with Gasteiger partial charge in [-0.3, -0.25) is 9.78 Å². The Hall–Kier alpha value is -2.67. The fraction of sp³-hybridized carbons (Fsp3) is 0.133. The van der Waals surface area contributed by atoms with E-state index >= 15 is 0 Å². The summed E-state index contributed by atoms with van der Waals surface area (Å²) in [7, 11) is 0. The Balaban J connectivity index is 1.90. The molecule has 0 aliphatic rings. The average Bonchev–Trinajstić information content (AvgIpc) is 2.83. The molecule has 0 amide bonds. The normalized spacial score (nSPS) is 10.8. The molecule has 6 nitrogen and oxygen atoms in total. The molecule has 0 radical (unpaired) electrons. The van der Waals surface area contributed by atoms with Gasteiger partial charge in [0, 0.05) is 0 Å². The molecule has 0 spiro atoms. The van der Waals surface area contributed by atoms with Crippen LogP contribution < -0.4 is 11.3 Å². The van der Waals surface area contributed by atoms with Gasteiger partial charge in [0.2, 0.25) is 5.95 Å². The van der Waals surface area contributed by atoms with E-state index in [1.807, 2.05) is 30.3 Å². The molecule has 0 atom stereocenters. The summed E-state index contributed by atoms with van der Waals surface area (Å²) in [6.07, 6.45) is 0. The fourth-order valence-corrected chi connectivity index (χ4v) is 3.23. The first-order valence-corrected chi connectivity index (χ1v) is 7.38. The molecule has 2 aromatic heterocycles. The second kappa shape index (κ2) is 5.61. The second-order valence-corrected chi connectivity index (χ2v) is 5.75. The van der Waals surface area contributed by atoms with Gasteiger partial charge in [0.05, 0.1) is 5.39 Å². The van der Waals surface area contributed by atoms with Crippen molar-refractivity contribution >= 4 is 33.5 Å². The molecule has 7 heteroatoms. The monoisotopic (exact) mass is 315 g/mol. The Morgan fingerprint density at radius 2 is 2.09 bits per heavy atom. The largest absolute Gasteiger partial charge is 0.457 e. The molecule has 0 aliphatic heterocycles. The summed E-state index contributed by atoms with van der Waals surface area (Å²) in [5.74, 6) is -0.440. The van der Waals surface area contributed by atoms with Crippen molar-refractivity contribution in [2.75, 3.05) is 5.73 Å². The van der Waals surface area contributed by atoms with Crippen LogP contribution >= 0.6 is 11.3 Å². The number of ether oxygens (including phenoxy) is 1. The molecule has 3 N–H and O–H groups in total. The first-order valence-electron chi connectivity index (χ1n) is 6.56. The van der Waals surface area contributed by atoms with Crippen LogP contribution in [0.2, 0.25) is 0 Å². The van der Waals surface area contributed by atoms with E-state index in [-0.39, 0.29) is 18.1 Å². The van der Waals surface area contributed by atoms with Gasteiger partial charge in [0.25, 0.3) is 5.56 Å². The molecule has 0 saturated carbocycles. The lowest BCUT2D eigenvalue weighted by Gasteiger charge is -2.03. The lowest BCUT2D eigenvalue weighted by Crippen LogP contribution is -2.11. The number of esters is 1. The van der Waals surface area contributed by atoms with Crippen molar-refractivity contribution in [1.29, 1.82) is 0 Å². The van der Waals surface area contributed by atoms with Gasteiger partial charge in [-0.25, -0.2) is 9.78 Å². The van der Waals surface area contributed by atoms with Gasteiger partial charge < -0.3 is 10.5 Å². The number of hydrogen-bond donors (Lipinski definition) is 2. The summed E-state index contributed by atoms with van der Waals surface area (Å²) in [5, 5.41) is 0.380. The predicted octanol–water partition coefficient (Wildman–Crippen LogP) is 2.23. The van der Waals surface area contributed by atoms with E-state index in [4.69, 9.17) is 10.5 Å². The molecule has 3 rings (SSSR count). The zero-order valence-electron chi connectivity index (χ0n) is 11.8. The number of anilines is 1. The topological polar surface area (TPSA) is 98.1 Å². The number of nitrogen functional groups attached to an aromatic ring is 1. The molecule has 0 fully saturated rings. The highest BCUT2D eigenvalue weighted by Crippen LogP contribution is 2.28. The lowest BCUT2D eigenvalue weighted by molar-refractivity contribution is 0.0478. The molecule has 112 valence electrons. The number of aromatic amines is 1. The van der Waals surface area contributed by atoms with E-state index in [1.54, 1.807) is 6.92 Å². The number of thiophene rings is 1. The van der Waals surface area contributed by atoms with Crippen molar-refractivity contribution in [3.8, 4) is 0 Å². The lowest BCUT2D eigenvalue weighted by atomic mass is 10.2. The number of nitrogens with zero attached hydrogens (tertiary/aromatic N) is 1. The number of rotatable bonds is 3. The Bertz CT molecular complexity index is 900. The summed E-state index contributed by atoms with van der Waals surface area (Å²) < 4.78 is 5.29. The van der Waals surface area contributed by atoms with Gasteiger partial charge in [-0.1, -0.05) is 30.3 Å². The first-order chi connectivity index (χ1) is 10.6. The van der Waals surface area contributed by atoms with Crippen LogP contribution in [-0.2, 0) is 11.3 Å². The molecule has 22 heavy (non-hydrogen) atoms. The van der Waals surface area contributed by atoms with E-state index in [0.717, 1.165) is 16.9 Å². The van der Waals surface area contributed by atoms with Crippen LogP contribution in [0.1, 0.15) is 20.8 Å². The third kappa shape index (κ3) is 2.58. The van der Waals surface area contributed by atoms with Crippen molar-refractivity contribution in [1.82, 2.24) is 9.97 Å². The fourth-order valence-electron chi connectivity index (χ4n) is 2.14. The van der Waals surface area contributed by atoms with E-state index in [0.29, 0.717) is 20.7 Å². The number of aromatic nitrogens is 2. The Labute approximate surface area is 129 Å². The molecule has 0 unspecified atom stereocenters. The van der Waals surface area contributed by atoms with E-state index in [2.05, 4.69) is 9.97 Å². The van der Waals surface area contributed by atoms with Crippen LogP contribution in [0.4, 0.5) is 5.95 Å². The van der Waals surface area contributed by atoms with Crippen molar-refractivity contribution < 1.29 is 9.53 Å². The predicted molar refractivity (Wildman–Crippen MR) is 85.0 cm³/mol. The van der Waals surface area contributed by atoms with Crippen LogP contribution in [0.3, 0.4) is 0 Å². The number of nitrogens with one attached hydrogen (secondary N) is 1. The van der Waals surface area contributed by atoms with Crippen molar-refractivity contribution in [2.24, 2.45) is 0 Å². The number of nitrogens with two attached hydrogens (primary N) is 1. The minimum absolute atomic E-state index is 0.0305. The van der Waals surface area contributed by atoms with Gasteiger partial charge in [-0.2, -0.15) is 0 Å². The highest BCUT2D eigenvalue weighted by atomic mass is 32.1. The summed E-state index contributed by atoms with van der Waals surface area (Å²) in [6.45, 7) is 1.88. The van der Waals surface area contributed by atoms with Crippen LogP contribution in [0.15, 0.2) is 35.1 Å². The standard InChI is InChI=1S/C15H13N3O3S/c1-8-10-12(19)17-15(16)18-13(10)22-11(8)14(20)21-7-9-5-3-2-4-6-9/h2-6H,7H2,1H3,(H3,16,17,18,19). The summed E-state index contributed by atoms with van der Waals surface area (Å²) in [6, 6.07) is 9.39. The third-order valence-corrected chi connectivity index (χ3v) is 4.38. The maximum atomic E-state index is 12.2. The van der Waals surface area contributed by atoms with Crippen LogP contribution in [0.25, 0.3) is 10.2 Å². The second-order valence-electron chi connectivity index (χ2n) is 4.75. The molecule has 1 aromatic carbocycles. The molecule has 0 aliphatic carbocycles. The van der Waals surface area contributed by atoms with E-state index < -0.39 is 5.97 Å². The van der Waals surface area contributed by atoms with Crippen molar-refractivity contribution in [3.05, 3.63) is 56.7 Å².